The van der Waals surface area contributed by atoms with Crippen molar-refractivity contribution in [1.29, 1.82) is 0 Å². The molecule has 0 spiro atoms. The average Bonchev–Trinajstić information content (AvgIpc) is 2.36. The Morgan fingerprint density at radius 3 is 1.91 bits per heavy atom. The van der Waals surface area contributed by atoms with Crippen molar-refractivity contribution in [1.82, 2.24) is 5.32 Å². The van der Waals surface area contributed by atoms with E-state index < -0.39 is 0 Å². The van der Waals surface area contributed by atoms with Crippen molar-refractivity contribution in [2.45, 2.75) is 0 Å². The number of hydrogen-bond acceptors (Lipinski definition) is 3. The molecule has 0 aromatic carbocycles. The van der Waals surface area contributed by atoms with Gasteiger partial charge in [0.15, 0.2) is 0 Å². The van der Waals surface area contributed by atoms with Crippen LogP contribution in [-0.2, 0) is 0 Å². The van der Waals surface area contributed by atoms with Gasteiger partial charge in [0.25, 0.3) is 0 Å². The van der Waals surface area contributed by atoms with Crippen LogP contribution in [0.5, 0.6) is 0 Å². The van der Waals surface area contributed by atoms with E-state index in [-0.39, 0.29) is 25.0 Å². The fourth-order valence-electron chi connectivity index (χ4n) is 2.16. The summed E-state index contributed by atoms with van der Waals surface area (Å²) in [6, 6.07) is 0. The van der Waals surface area contributed by atoms with E-state index in [9.17, 15) is 0 Å². The second kappa shape index (κ2) is 2.59. The lowest BCUT2D eigenvalue weighted by Crippen LogP contribution is -2.35. The van der Waals surface area contributed by atoms with E-state index in [0.717, 1.165) is 13.1 Å². The molecule has 3 heteroatoms. The third kappa shape index (κ3) is 0.851. The van der Waals surface area contributed by atoms with Crippen LogP contribution in [-0.4, -0.2) is 36.5 Å². The van der Waals surface area contributed by atoms with Crippen LogP contribution in [0.15, 0.2) is 11.1 Å². The van der Waals surface area contributed by atoms with Gasteiger partial charge in [0.1, 0.15) is 0 Å². The number of nitrogens with one attached hydrogen (secondary N) is 1. The van der Waals surface area contributed by atoms with Crippen molar-refractivity contribution in [2.24, 2.45) is 11.8 Å². The van der Waals surface area contributed by atoms with Gasteiger partial charge in [-0.25, -0.2) is 0 Å². The van der Waals surface area contributed by atoms with Gasteiger partial charge in [0.05, 0.1) is 13.2 Å². The number of hydrogen-bond donors (Lipinski definition) is 3. The van der Waals surface area contributed by atoms with Gasteiger partial charge in [-0.15, -0.1) is 0 Å². The van der Waals surface area contributed by atoms with Gasteiger partial charge in [-0.3, -0.25) is 0 Å². The smallest absolute Gasteiger partial charge is 0.0503 e. The summed E-state index contributed by atoms with van der Waals surface area (Å²) >= 11 is 0. The minimum atomic E-state index is 0.186. The lowest BCUT2D eigenvalue weighted by atomic mass is 9.70. The van der Waals surface area contributed by atoms with Crippen molar-refractivity contribution in [3.63, 3.8) is 0 Å². The van der Waals surface area contributed by atoms with Gasteiger partial charge in [-0.2, -0.15) is 0 Å². The Labute approximate surface area is 65.7 Å². The maximum Gasteiger partial charge on any atom is 0.0503 e. The van der Waals surface area contributed by atoms with Gasteiger partial charge < -0.3 is 15.5 Å². The summed E-state index contributed by atoms with van der Waals surface area (Å²) < 4.78 is 0. The first-order chi connectivity index (χ1) is 5.38. The highest BCUT2D eigenvalue weighted by atomic mass is 16.3. The van der Waals surface area contributed by atoms with Crippen LogP contribution >= 0.6 is 0 Å². The molecule has 3 N–H and O–H groups in total. The first-order valence-corrected chi connectivity index (χ1v) is 4.02. The quantitative estimate of drug-likeness (QED) is 0.454. The maximum atomic E-state index is 8.96. The molecule has 2 atom stereocenters. The zero-order valence-corrected chi connectivity index (χ0v) is 6.38. The van der Waals surface area contributed by atoms with E-state index in [1.807, 2.05) is 0 Å². The molecule has 0 fully saturated rings. The van der Waals surface area contributed by atoms with Crippen LogP contribution in [0.1, 0.15) is 0 Å². The Morgan fingerprint density at radius 2 is 1.55 bits per heavy atom. The predicted octanol–water partition coefficient (Wildman–Crippen LogP) is -0.883. The average molecular weight is 155 g/mol. The molecular weight excluding hydrogens is 142 g/mol. The molecule has 0 radical (unpaired) electrons. The van der Waals surface area contributed by atoms with Crippen molar-refractivity contribution in [2.75, 3.05) is 26.3 Å². The standard InChI is InChI=1S/C8H13NO2/c10-3-7-5-1-9-2-6(5)8(7)4-11/h7-11H,1-4H2. The first-order valence-electron chi connectivity index (χ1n) is 4.02. The summed E-state index contributed by atoms with van der Waals surface area (Å²) in [6.07, 6.45) is 0. The Balaban J connectivity index is 2.14. The zero-order chi connectivity index (χ0) is 7.84. The Hall–Kier alpha value is -0.380. The summed E-state index contributed by atoms with van der Waals surface area (Å²) in [5.41, 5.74) is 2.68. The summed E-state index contributed by atoms with van der Waals surface area (Å²) in [7, 11) is 0. The fourth-order valence-corrected chi connectivity index (χ4v) is 2.16. The molecule has 2 unspecified atom stereocenters. The third-order valence-electron chi connectivity index (χ3n) is 2.82. The molecule has 1 aliphatic carbocycles. The monoisotopic (exact) mass is 155 g/mol. The SMILES string of the molecule is OCC1C2=C(CNC2)C1CO. The summed E-state index contributed by atoms with van der Waals surface area (Å²) in [4.78, 5) is 0. The van der Waals surface area contributed by atoms with Gasteiger partial charge in [-0.05, 0) is 11.1 Å². The van der Waals surface area contributed by atoms with E-state index in [0.29, 0.717) is 0 Å². The predicted molar refractivity (Wildman–Crippen MR) is 41.0 cm³/mol. The van der Waals surface area contributed by atoms with E-state index in [4.69, 9.17) is 10.2 Å². The zero-order valence-electron chi connectivity index (χ0n) is 6.38. The molecule has 0 amide bonds. The van der Waals surface area contributed by atoms with E-state index in [2.05, 4.69) is 5.32 Å². The van der Waals surface area contributed by atoms with Crippen LogP contribution in [0.3, 0.4) is 0 Å². The van der Waals surface area contributed by atoms with Crippen LogP contribution in [0.2, 0.25) is 0 Å². The van der Waals surface area contributed by atoms with Crippen LogP contribution in [0.25, 0.3) is 0 Å². The highest BCUT2D eigenvalue weighted by molar-refractivity contribution is 5.38. The topological polar surface area (TPSA) is 52.5 Å². The largest absolute Gasteiger partial charge is 0.396 e. The highest BCUT2D eigenvalue weighted by Gasteiger charge is 2.40. The molecule has 62 valence electrons. The lowest BCUT2D eigenvalue weighted by molar-refractivity contribution is 0.137. The molecule has 0 bridgehead atoms. The second-order valence-corrected chi connectivity index (χ2v) is 3.23. The Kier molecular flexibility index (Phi) is 1.71. The lowest BCUT2D eigenvalue weighted by Gasteiger charge is -2.36. The molecule has 0 aromatic rings. The number of rotatable bonds is 2. The van der Waals surface area contributed by atoms with Crippen molar-refractivity contribution in [3.8, 4) is 0 Å². The second-order valence-electron chi connectivity index (χ2n) is 3.23. The molecular formula is C8H13NO2. The normalized spacial score (nSPS) is 35.5. The molecule has 3 nitrogen and oxygen atoms in total. The van der Waals surface area contributed by atoms with Crippen LogP contribution in [0, 0.1) is 11.8 Å². The van der Waals surface area contributed by atoms with Gasteiger partial charge in [-0.1, -0.05) is 0 Å². The molecule has 2 aliphatic rings. The molecule has 0 aromatic heterocycles. The van der Waals surface area contributed by atoms with E-state index in [1.165, 1.54) is 11.1 Å². The number of aliphatic hydroxyl groups is 2. The molecule has 2 rings (SSSR count). The highest BCUT2D eigenvalue weighted by Crippen LogP contribution is 2.41. The van der Waals surface area contributed by atoms with Crippen LogP contribution in [0.4, 0.5) is 0 Å². The van der Waals surface area contributed by atoms with Gasteiger partial charge in [0.2, 0.25) is 0 Å². The maximum absolute atomic E-state index is 8.96. The fraction of sp³-hybridized carbons (Fsp3) is 0.750. The molecule has 0 saturated heterocycles. The molecule has 1 heterocycles. The summed E-state index contributed by atoms with van der Waals surface area (Å²) in [6.45, 7) is 2.20. The number of aliphatic hydroxyl groups excluding tert-OH is 2. The minimum absolute atomic E-state index is 0.186. The van der Waals surface area contributed by atoms with Crippen molar-refractivity contribution < 1.29 is 10.2 Å². The van der Waals surface area contributed by atoms with E-state index in [1.54, 1.807) is 0 Å². The van der Waals surface area contributed by atoms with E-state index >= 15 is 0 Å². The molecule has 11 heavy (non-hydrogen) atoms. The van der Waals surface area contributed by atoms with Gasteiger partial charge in [0, 0.05) is 24.9 Å². The summed E-state index contributed by atoms with van der Waals surface area (Å²) in [5, 5.41) is 21.1. The minimum Gasteiger partial charge on any atom is -0.396 e. The molecule has 0 saturated carbocycles. The molecule has 1 aliphatic heterocycles. The van der Waals surface area contributed by atoms with Crippen LogP contribution < -0.4 is 5.32 Å². The van der Waals surface area contributed by atoms with Crippen molar-refractivity contribution in [3.05, 3.63) is 11.1 Å². The first kappa shape index (κ1) is 7.28. The third-order valence-corrected chi connectivity index (χ3v) is 2.82. The Bertz CT molecular complexity index is 180. The summed E-state index contributed by atoms with van der Waals surface area (Å²) in [5.74, 6) is 0.481. The van der Waals surface area contributed by atoms with Crippen molar-refractivity contribution >= 4 is 0 Å². The van der Waals surface area contributed by atoms with Gasteiger partial charge >= 0.3 is 0 Å². The Morgan fingerprint density at radius 1 is 1.09 bits per heavy atom.